The highest BCUT2D eigenvalue weighted by molar-refractivity contribution is 5.98. The first-order valence-corrected chi connectivity index (χ1v) is 6.45. The van der Waals surface area contributed by atoms with Gasteiger partial charge < -0.3 is 16.2 Å². The molecule has 0 aromatic heterocycles. The predicted octanol–water partition coefficient (Wildman–Crippen LogP) is 2.23. The summed E-state index contributed by atoms with van der Waals surface area (Å²) in [5, 5.41) is 11.7. The molecule has 0 heterocycles. The minimum absolute atomic E-state index is 0.234. The maximum Gasteiger partial charge on any atom is 0.303 e. The highest BCUT2D eigenvalue weighted by atomic mass is 16.4. The fraction of sp³-hybridized carbons (Fsp3) is 0.429. The van der Waals surface area contributed by atoms with E-state index in [0.29, 0.717) is 12.0 Å². The number of carboxylic acid groups (broad SMARTS) is 1. The van der Waals surface area contributed by atoms with Gasteiger partial charge in [0.05, 0.1) is 5.56 Å². The molecule has 0 aliphatic carbocycles. The summed E-state index contributed by atoms with van der Waals surface area (Å²) in [5.74, 6) is -1.18. The number of nitrogens with two attached hydrogens (primary N) is 1. The maximum atomic E-state index is 11.2. The summed E-state index contributed by atoms with van der Waals surface area (Å²) >= 11 is 0. The standard InChI is InChI=1S/C14H20N2O3/c15-14(19)11-7-4-5-8-12(11)16-10-6-2-1-3-9-13(17)18/h4-5,7-8,16H,1-3,6,9-10H2,(H2,15,19)(H,17,18). The Kier molecular flexibility index (Phi) is 6.43. The molecule has 0 radical (unpaired) electrons. The molecule has 0 spiro atoms. The van der Waals surface area contributed by atoms with E-state index in [-0.39, 0.29) is 6.42 Å². The number of anilines is 1. The van der Waals surface area contributed by atoms with Crippen LogP contribution in [0, 0.1) is 0 Å². The van der Waals surface area contributed by atoms with Gasteiger partial charge in [0.1, 0.15) is 0 Å². The Morgan fingerprint density at radius 1 is 1.11 bits per heavy atom. The van der Waals surface area contributed by atoms with Crippen LogP contribution in [0.2, 0.25) is 0 Å². The monoisotopic (exact) mass is 264 g/mol. The molecule has 1 amide bonds. The summed E-state index contributed by atoms with van der Waals surface area (Å²) in [6.45, 7) is 0.747. The lowest BCUT2D eigenvalue weighted by Gasteiger charge is -2.09. The van der Waals surface area contributed by atoms with Crippen LogP contribution in [0.3, 0.4) is 0 Å². The van der Waals surface area contributed by atoms with Gasteiger partial charge in [0.25, 0.3) is 5.91 Å². The van der Waals surface area contributed by atoms with E-state index in [1.807, 2.05) is 12.1 Å². The lowest BCUT2D eigenvalue weighted by atomic mass is 10.1. The largest absolute Gasteiger partial charge is 0.481 e. The summed E-state index contributed by atoms with van der Waals surface area (Å²) in [6, 6.07) is 7.14. The molecule has 1 aromatic carbocycles. The second-order valence-corrected chi connectivity index (χ2v) is 4.39. The quantitative estimate of drug-likeness (QED) is 0.596. The number of carbonyl (C=O) groups is 2. The minimum atomic E-state index is -0.742. The molecule has 0 aliphatic heterocycles. The van der Waals surface area contributed by atoms with Crippen molar-refractivity contribution < 1.29 is 14.7 Å². The fourth-order valence-electron chi connectivity index (χ4n) is 1.83. The number of hydrogen-bond acceptors (Lipinski definition) is 3. The Morgan fingerprint density at radius 3 is 2.47 bits per heavy atom. The van der Waals surface area contributed by atoms with Crippen LogP contribution >= 0.6 is 0 Å². The van der Waals surface area contributed by atoms with Crippen molar-refractivity contribution in [3.63, 3.8) is 0 Å². The molecule has 19 heavy (non-hydrogen) atoms. The number of primary amides is 1. The third-order valence-corrected chi connectivity index (χ3v) is 2.83. The molecule has 1 aromatic rings. The van der Waals surface area contributed by atoms with Crippen molar-refractivity contribution in [1.29, 1.82) is 0 Å². The number of benzene rings is 1. The van der Waals surface area contributed by atoms with Crippen LogP contribution in [0.4, 0.5) is 5.69 Å². The van der Waals surface area contributed by atoms with E-state index in [1.54, 1.807) is 12.1 Å². The van der Waals surface area contributed by atoms with Gasteiger partial charge in [-0.1, -0.05) is 25.0 Å². The van der Waals surface area contributed by atoms with Crippen molar-refractivity contribution in [1.82, 2.24) is 0 Å². The lowest BCUT2D eigenvalue weighted by molar-refractivity contribution is -0.137. The Hall–Kier alpha value is -2.04. The maximum absolute atomic E-state index is 11.2. The summed E-state index contributed by atoms with van der Waals surface area (Å²) in [5.41, 5.74) is 6.52. The molecule has 4 N–H and O–H groups in total. The molecular formula is C14H20N2O3. The summed E-state index contributed by atoms with van der Waals surface area (Å²) < 4.78 is 0. The molecule has 0 fully saturated rings. The molecule has 5 heteroatoms. The van der Waals surface area contributed by atoms with Gasteiger partial charge in [-0.05, 0) is 25.0 Å². The zero-order valence-electron chi connectivity index (χ0n) is 10.9. The Morgan fingerprint density at radius 2 is 1.79 bits per heavy atom. The van der Waals surface area contributed by atoms with Crippen LogP contribution in [0.5, 0.6) is 0 Å². The van der Waals surface area contributed by atoms with Gasteiger partial charge in [-0.25, -0.2) is 0 Å². The fourth-order valence-corrected chi connectivity index (χ4v) is 1.83. The molecule has 0 unspecified atom stereocenters. The van der Waals surface area contributed by atoms with Crippen molar-refractivity contribution in [2.45, 2.75) is 32.1 Å². The summed E-state index contributed by atoms with van der Waals surface area (Å²) in [7, 11) is 0. The number of carbonyl (C=O) groups excluding carboxylic acids is 1. The Labute approximate surface area is 112 Å². The van der Waals surface area contributed by atoms with Gasteiger partial charge in [-0.2, -0.15) is 0 Å². The van der Waals surface area contributed by atoms with E-state index >= 15 is 0 Å². The molecule has 0 saturated heterocycles. The third-order valence-electron chi connectivity index (χ3n) is 2.83. The van der Waals surface area contributed by atoms with Crippen molar-refractivity contribution in [3.05, 3.63) is 29.8 Å². The van der Waals surface area contributed by atoms with Gasteiger partial charge in [0, 0.05) is 18.7 Å². The van der Waals surface area contributed by atoms with Crippen molar-refractivity contribution in [3.8, 4) is 0 Å². The molecule has 104 valence electrons. The number of rotatable bonds is 9. The third kappa shape index (κ3) is 5.90. The van der Waals surface area contributed by atoms with E-state index in [2.05, 4.69) is 5.32 Å². The number of aliphatic carboxylic acids is 1. The molecule has 0 saturated carbocycles. The second-order valence-electron chi connectivity index (χ2n) is 4.39. The van der Waals surface area contributed by atoms with Crippen LogP contribution in [-0.2, 0) is 4.79 Å². The van der Waals surface area contributed by atoms with E-state index in [4.69, 9.17) is 10.8 Å². The first-order chi connectivity index (χ1) is 9.11. The molecule has 1 rings (SSSR count). The predicted molar refractivity (Wildman–Crippen MR) is 74.2 cm³/mol. The highest BCUT2D eigenvalue weighted by Crippen LogP contribution is 2.14. The highest BCUT2D eigenvalue weighted by Gasteiger charge is 2.05. The van der Waals surface area contributed by atoms with Gasteiger partial charge in [0.2, 0.25) is 0 Å². The number of hydrogen-bond donors (Lipinski definition) is 3. The second kappa shape index (κ2) is 8.13. The first kappa shape index (κ1) is 15.0. The molecule has 5 nitrogen and oxygen atoms in total. The van der Waals surface area contributed by atoms with E-state index < -0.39 is 11.9 Å². The molecule has 0 atom stereocenters. The van der Waals surface area contributed by atoms with Crippen LogP contribution in [0.15, 0.2) is 24.3 Å². The SMILES string of the molecule is NC(=O)c1ccccc1NCCCCCCC(=O)O. The minimum Gasteiger partial charge on any atom is -0.481 e. The topological polar surface area (TPSA) is 92.4 Å². The van der Waals surface area contributed by atoms with Gasteiger partial charge in [-0.3, -0.25) is 9.59 Å². The van der Waals surface area contributed by atoms with Gasteiger partial charge >= 0.3 is 5.97 Å². The summed E-state index contributed by atoms with van der Waals surface area (Å²) in [6.07, 6.45) is 3.77. The van der Waals surface area contributed by atoms with Crippen molar-refractivity contribution in [2.24, 2.45) is 5.73 Å². The molecule has 0 bridgehead atoms. The van der Waals surface area contributed by atoms with E-state index in [0.717, 1.165) is 31.5 Å². The Balaban J connectivity index is 2.23. The zero-order valence-corrected chi connectivity index (χ0v) is 10.9. The molecular weight excluding hydrogens is 244 g/mol. The van der Waals surface area contributed by atoms with Crippen LogP contribution in [0.25, 0.3) is 0 Å². The average Bonchev–Trinajstić information content (AvgIpc) is 2.37. The van der Waals surface area contributed by atoms with E-state index in [9.17, 15) is 9.59 Å². The number of nitrogens with one attached hydrogen (secondary N) is 1. The summed E-state index contributed by atoms with van der Waals surface area (Å²) in [4.78, 5) is 21.5. The van der Waals surface area contributed by atoms with Gasteiger partial charge in [0.15, 0.2) is 0 Å². The Bertz CT molecular complexity index is 432. The number of amides is 1. The smallest absolute Gasteiger partial charge is 0.303 e. The van der Waals surface area contributed by atoms with E-state index in [1.165, 1.54) is 0 Å². The normalized spacial score (nSPS) is 10.1. The number of unbranched alkanes of at least 4 members (excludes halogenated alkanes) is 3. The lowest BCUT2D eigenvalue weighted by Crippen LogP contribution is -2.14. The van der Waals surface area contributed by atoms with Crippen LogP contribution < -0.4 is 11.1 Å². The first-order valence-electron chi connectivity index (χ1n) is 6.45. The number of carboxylic acids is 1. The van der Waals surface area contributed by atoms with Crippen LogP contribution in [-0.4, -0.2) is 23.5 Å². The zero-order chi connectivity index (χ0) is 14.1. The molecule has 0 aliphatic rings. The average molecular weight is 264 g/mol. The van der Waals surface area contributed by atoms with Crippen LogP contribution in [0.1, 0.15) is 42.5 Å². The number of para-hydroxylation sites is 1. The van der Waals surface area contributed by atoms with Gasteiger partial charge in [-0.15, -0.1) is 0 Å². The van der Waals surface area contributed by atoms with Crippen molar-refractivity contribution in [2.75, 3.05) is 11.9 Å². The van der Waals surface area contributed by atoms with Crippen molar-refractivity contribution >= 4 is 17.6 Å².